The van der Waals surface area contributed by atoms with E-state index in [9.17, 15) is 4.79 Å². The zero-order valence-electron chi connectivity index (χ0n) is 10.8. The molecule has 6 heteroatoms. The summed E-state index contributed by atoms with van der Waals surface area (Å²) in [6.07, 6.45) is 1.49. The molecule has 2 rings (SSSR count). The molecule has 0 saturated carbocycles. The number of piperidine rings is 1. The minimum atomic E-state index is -0.848. The minimum absolute atomic E-state index is 0.203. The molecule has 0 radical (unpaired) electrons. The maximum absolute atomic E-state index is 10.8. The van der Waals surface area contributed by atoms with Gasteiger partial charge in [-0.3, -0.25) is 0 Å². The molecule has 0 aliphatic carbocycles. The number of aromatic nitrogens is 2. The van der Waals surface area contributed by atoms with E-state index in [2.05, 4.69) is 24.0 Å². The number of carboxylic acid groups (broad SMARTS) is 1. The van der Waals surface area contributed by atoms with Crippen LogP contribution < -0.4 is 0 Å². The van der Waals surface area contributed by atoms with E-state index in [1.807, 2.05) is 0 Å². The molecule has 1 aromatic heterocycles. The van der Waals surface area contributed by atoms with E-state index in [0.717, 1.165) is 25.1 Å². The summed E-state index contributed by atoms with van der Waals surface area (Å²) >= 11 is 0. The molecule has 2 heterocycles. The Morgan fingerprint density at radius 3 is 2.72 bits per heavy atom. The fourth-order valence-corrected chi connectivity index (χ4v) is 2.20. The van der Waals surface area contributed by atoms with Crippen LogP contribution in [0.25, 0.3) is 0 Å². The molecule has 1 aliphatic rings. The summed E-state index contributed by atoms with van der Waals surface area (Å²) in [5, 5.41) is 12.8. The lowest BCUT2D eigenvalue weighted by Gasteiger charge is -2.27. The molecule has 6 nitrogen and oxygen atoms in total. The summed E-state index contributed by atoms with van der Waals surface area (Å²) in [5.74, 6) is 2.12. The molecule has 0 aromatic carbocycles. The van der Waals surface area contributed by atoms with Gasteiger partial charge >= 0.3 is 6.09 Å². The highest BCUT2D eigenvalue weighted by atomic mass is 16.5. The molecule has 18 heavy (non-hydrogen) atoms. The number of rotatable bonds is 3. The molecule has 0 atom stereocenters. The maximum Gasteiger partial charge on any atom is 0.407 e. The third kappa shape index (κ3) is 3.00. The topological polar surface area (TPSA) is 79.5 Å². The Kier molecular flexibility index (Phi) is 3.84. The predicted octanol–water partition coefficient (Wildman–Crippen LogP) is 2.13. The van der Waals surface area contributed by atoms with Crippen molar-refractivity contribution in [2.45, 2.75) is 39.0 Å². The number of carbonyl (C=O) groups is 1. The van der Waals surface area contributed by atoms with Crippen LogP contribution in [0.5, 0.6) is 0 Å². The molecule has 1 fully saturated rings. The van der Waals surface area contributed by atoms with Gasteiger partial charge in [-0.2, -0.15) is 4.98 Å². The van der Waals surface area contributed by atoms with Gasteiger partial charge in [0.05, 0.1) is 0 Å². The molecule has 100 valence electrons. The Bertz CT molecular complexity index is 408. The second kappa shape index (κ2) is 5.37. The van der Waals surface area contributed by atoms with Crippen LogP contribution in [0.1, 0.15) is 44.3 Å². The zero-order chi connectivity index (χ0) is 13.1. The summed E-state index contributed by atoms with van der Waals surface area (Å²) in [6.45, 7) is 5.31. The van der Waals surface area contributed by atoms with Gasteiger partial charge in [0.25, 0.3) is 0 Å². The number of hydrogen-bond acceptors (Lipinski definition) is 4. The molecule has 0 spiro atoms. The van der Waals surface area contributed by atoms with Crippen LogP contribution in [-0.2, 0) is 6.42 Å². The van der Waals surface area contributed by atoms with Crippen LogP contribution in [0.4, 0.5) is 4.79 Å². The second-order valence-corrected chi connectivity index (χ2v) is 5.19. The van der Waals surface area contributed by atoms with Crippen molar-refractivity contribution in [3.63, 3.8) is 0 Å². The molecule has 1 amide bonds. The van der Waals surface area contributed by atoms with Crippen molar-refractivity contribution in [2.75, 3.05) is 13.1 Å². The van der Waals surface area contributed by atoms with E-state index >= 15 is 0 Å². The van der Waals surface area contributed by atoms with E-state index < -0.39 is 6.09 Å². The van der Waals surface area contributed by atoms with Gasteiger partial charge in [0, 0.05) is 25.4 Å². The first-order valence-electron chi connectivity index (χ1n) is 6.36. The van der Waals surface area contributed by atoms with Crippen molar-refractivity contribution in [2.24, 2.45) is 5.92 Å². The van der Waals surface area contributed by atoms with Crippen molar-refractivity contribution >= 4 is 6.09 Å². The van der Waals surface area contributed by atoms with E-state index in [-0.39, 0.29) is 5.92 Å². The summed E-state index contributed by atoms with van der Waals surface area (Å²) in [5.41, 5.74) is 0. The molecule has 0 bridgehead atoms. The van der Waals surface area contributed by atoms with Crippen molar-refractivity contribution in [1.29, 1.82) is 0 Å². The molecule has 0 unspecified atom stereocenters. The molecule has 1 aliphatic heterocycles. The van der Waals surface area contributed by atoms with Gasteiger partial charge < -0.3 is 14.5 Å². The summed E-state index contributed by atoms with van der Waals surface area (Å²) in [6, 6.07) is 0. The van der Waals surface area contributed by atoms with Crippen LogP contribution in [0, 0.1) is 5.92 Å². The fraction of sp³-hybridized carbons (Fsp3) is 0.750. The van der Waals surface area contributed by atoms with Gasteiger partial charge in [-0.15, -0.1) is 0 Å². The smallest absolute Gasteiger partial charge is 0.407 e. The van der Waals surface area contributed by atoms with Crippen molar-refractivity contribution in [1.82, 2.24) is 15.0 Å². The van der Waals surface area contributed by atoms with Crippen LogP contribution in [0.15, 0.2) is 4.52 Å². The first-order valence-corrected chi connectivity index (χ1v) is 6.36. The predicted molar refractivity (Wildman–Crippen MR) is 64.4 cm³/mol. The first kappa shape index (κ1) is 12.9. The van der Waals surface area contributed by atoms with E-state index in [1.54, 1.807) is 0 Å². The number of nitrogens with zero attached hydrogens (tertiary/aromatic N) is 3. The average molecular weight is 253 g/mol. The summed E-state index contributed by atoms with van der Waals surface area (Å²) in [4.78, 5) is 16.6. The SMILES string of the molecule is CC(C)Cc1noc(C2CCN(C(=O)O)CC2)n1. The highest BCUT2D eigenvalue weighted by molar-refractivity contribution is 5.65. The van der Waals surface area contributed by atoms with Gasteiger partial charge in [-0.25, -0.2) is 4.79 Å². The number of amides is 1. The highest BCUT2D eigenvalue weighted by Gasteiger charge is 2.27. The Hall–Kier alpha value is -1.59. The average Bonchev–Trinajstić information content (AvgIpc) is 2.76. The fourth-order valence-electron chi connectivity index (χ4n) is 2.20. The molecule has 1 aromatic rings. The van der Waals surface area contributed by atoms with Crippen LogP contribution in [0.3, 0.4) is 0 Å². The maximum atomic E-state index is 10.8. The Labute approximate surface area is 106 Å². The normalized spacial score (nSPS) is 17.4. The first-order chi connectivity index (χ1) is 8.56. The van der Waals surface area contributed by atoms with Crippen LogP contribution in [-0.4, -0.2) is 39.3 Å². The van der Waals surface area contributed by atoms with Crippen molar-refractivity contribution in [3.8, 4) is 0 Å². The van der Waals surface area contributed by atoms with Gasteiger partial charge in [-0.1, -0.05) is 19.0 Å². The second-order valence-electron chi connectivity index (χ2n) is 5.19. The number of hydrogen-bond donors (Lipinski definition) is 1. The number of likely N-dealkylation sites (tertiary alicyclic amines) is 1. The monoisotopic (exact) mass is 253 g/mol. The van der Waals surface area contributed by atoms with Gasteiger partial charge in [0.2, 0.25) is 5.89 Å². The molecular formula is C12H19N3O3. The Morgan fingerprint density at radius 2 is 2.17 bits per heavy atom. The van der Waals surface area contributed by atoms with Crippen LogP contribution >= 0.6 is 0 Å². The standard InChI is InChI=1S/C12H19N3O3/c1-8(2)7-10-13-11(18-14-10)9-3-5-15(6-4-9)12(16)17/h8-9H,3-7H2,1-2H3,(H,16,17). The third-order valence-corrected chi connectivity index (χ3v) is 3.19. The quantitative estimate of drug-likeness (QED) is 0.892. The van der Waals surface area contributed by atoms with Crippen molar-refractivity contribution < 1.29 is 14.4 Å². The van der Waals surface area contributed by atoms with Gasteiger partial charge in [0.1, 0.15) is 0 Å². The molecular weight excluding hydrogens is 234 g/mol. The minimum Gasteiger partial charge on any atom is -0.465 e. The Morgan fingerprint density at radius 1 is 1.50 bits per heavy atom. The summed E-state index contributed by atoms with van der Waals surface area (Å²) in [7, 11) is 0. The van der Waals surface area contributed by atoms with E-state index in [1.165, 1.54) is 4.90 Å². The Balaban J connectivity index is 1.93. The third-order valence-electron chi connectivity index (χ3n) is 3.19. The lowest BCUT2D eigenvalue weighted by Crippen LogP contribution is -2.36. The largest absolute Gasteiger partial charge is 0.465 e. The van der Waals surface area contributed by atoms with Crippen molar-refractivity contribution in [3.05, 3.63) is 11.7 Å². The summed E-state index contributed by atoms with van der Waals surface area (Å²) < 4.78 is 5.27. The lowest BCUT2D eigenvalue weighted by atomic mass is 9.97. The van der Waals surface area contributed by atoms with E-state index in [4.69, 9.17) is 9.63 Å². The van der Waals surface area contributed by atoms with Crippen LogP contribution in [0.2, 0.25) is 0 Å². The zero-order valence-corrected chi connectivity index (χ0v) is 10.8. The highest BCUT2D eigenvalue weighted by Crippen LogP contribution is 2.26. The van der Waals surface area contributed by atoms with E-state index in [0.29, 0.717) is 24.9 Å². The molecule has 1 saturated heterocycles. The van der Waals surface area contributed by atoms with Gasteiger partial charge in [-0.05, 0) is 18.8 Å². The molecule has 1 N–H and O–H groups in total. The lowest BCUT2D eigenvalue weighted by molar-refractivity contribution is 0.128. The van der Waals surface area contributed by atoms with Gasteiger partial charge in [0.15, 0.2) is 5.82 Å².